The molecule has 1 atom stereocenters. The minimum Gasteiger partial charge on any atom is -0.399 e. The molecule has 0 aromatic carbocycles. The van der Waals surface area contributed by atoms with Gasteiger partial charge in [-0.2, -0.15) is 13.2 Å². The van der Waals surface area contributed by atoms with Gasteiger partial charge in [-0.15, -0.1) is 0 Å². The largest absolute Gasteiger partial charge is 0.436 e. The molecule has 2 aromatic heterocycles. The molecule has 3 heterocycles. The van der Waals surface area contributed by atoms with Crippen molar-refractivity contribution in [3.63, 3.8) is 0 Å². The van der Waals surface area contributed by atoms with Gasteiger partial charge in [0.1, 0.15) is 11.6 Å². The molecule has 31 heavy (non-hydrogen) atoms. The summed E-state index contributed by atoms with van der Waals surface area (Å²) in [5, 5.41) is 1.16. The molecular weight excluding hydrogens is 423 g/mol. The molecule has 0 aliphatic carbocycles. The summed E-state index contributed by atoms with van der Waals surface area (Å²) >= 11 is 0. The van der Waals surface area contributed by atoms with Crippen LogP contribution in [0.3, 0.4) is 0 Å². The number of carbonyl (C=O) groups excluding carboxylic acids is 1. The lowest BCUT2D eigenvalue weighted by atomic mass is 10.0. The van der Waals surface area contributed by atoms with Crippen LogP contribution in [0.4, 0.5) is 27.8 Å². The molecule has 1 amide bonds. The van der Waals surface area contributed by atoms with Gasteiger partial charge >= 0.3 is 6.18 Å². The molecule has 0 saturated carbocycles. The van der Waals surface area contributed by atoms with Crippen molar-refractivity contribution in [1.82, 2.24) is 14.9 Å². The average molecular weight is 442 g/mol. The fourth-order valence-electron chi connectivity index (χ4n) is 3.27. The number of amides is 1. The summed E-state index contributed by atoms with van der Waals surface area (Å²) in [6, 6.07) is 1.50. The van der Waals surface area contributed by atoms with Crippen LogP contribution in [0.15, 0.2) is 35.9 Å². The SMILES string of the molecule is Cc1cc(N(N)C2=C(N)C(C)N(C(=O)c3ccnc(C(F)(F)F)c3F)CC2)ncc1F. The molecule has 2 aromatic rings. The van der Waals surface area contributed by atoms with Crippen molar-refractivity contribution < 1.29 is 26.7 Å². The van der Waals surface area contributed by atoms with E-state index in [0.717, 1.165) is 28.4 Å². The second-order valence-electron chi connectivity index (χ2n) is 7.01. The standard InChI is InChI=1S/C19H19F5N6O/c1-9-7-14(28-8-12(9)20)30(26)13-4-6-29(10(2)16(13)25)18(31)11-3-5-27-17(15(11)21)19(22,23)24/h3,5,7-8,10H,4,6,25-26H2,1-2H3. The number of hydrogen-bond donors (Lipinski definition) is 2. The van der Waals surface area contributed by atoms with E-state index in [1.54, 1.807) is 0 Å². The Hall–Kier alpha value is -3.28. The number of anilines is 1. The predicted molar refractivity (Wildman–Crippen MR) is 101 cm³/mol. The lowest BCUT2D eigenvalue weighted by Crippen LogP contribution is -2.49. The van der Waals surface area contributed by atoms with Gasteiger partial charge in [0.25, 0.3) is 5.91 Å². The fraction of sp³-hybridized carbons (Fsp3) is 0.316. The summed E-state index contributed by atoms with van der Waals surface area (Å²) in [5.74, 6) is 3.09. The van der Waals surface area contributed by atoms with Gasteiger partial charge in [0.15, 0.2) is 11.5 Å². The normalized spacial score (nSPS) is 17.2. The van der Waals surface area contributed by atoms with Crippen LogP contribution in [-0.2, 0) is 6.18 Å². The van der Waals surface area contributed by atoms with Crippen LogP contribution in [0.5, 0.6) is 0 Å². The Morgan fingerprint density at radius 2 is 1.97 bits per heavy atom. The highest BCUT2D eigenvalue weighted by Crippen LogP contribution is 2.32. The average Bonchev–Trinajstić information content (AvgIpc) is 2.70. The summed E-state index contributed by atoms with van der Waals surface area (Å²) in [4.78, 5) is 20.9. The number of alkyl halides is 3. The molecule has 12 heteroatoms. The number of pyridine rings is 2. The lowest BCUT2D eigenvalue weighted by molar-refractivity contribution is -0.143. The maximum absolute atomic E-state index is 14.4. The molecule has 4 N–H and O–H groups in total. The highest BCUT2D eigenvalue weighted by molar-refractivity contribution is 5.95. The number of halogens is 5. The van der Waals surface area contributed by atoms with Crippen LogP contribution >= 0.6 is 0 Å². The monoisotopic (exact) mass is 442 g/mol. The minimum atomic E-state index is -5.04. The number of aromatic nitrogens is 2. The molecule has 0 radical (unpaired) electrons. The summed E-state index contributed by atoms with van der Waals surface area (Å²) in [7, 11) is 0. The third-order valence-electron chi connectivity index (χ3n) is 5.06. The minimum absolute atomic E-state index is 0.00697. The van der Waals surface area contributed by atoms with Gasteiger partial charge < -0.3 is 10.6 Å². The number of rotatable bonds is 3. The van der Waals surface area contributed by atoms with Gasteiger partial charge in [-0.05, 0) is 31.5 Å². The van der Waals surface area contributed by atoms with Gasteiger partial charge in [0, 0.05) is 19.2 Å². The van der Waals surface area contributed by atoms with E-state index in [2.05, 4.69) is 9.97 Å². The van der Waals surface area contributed by atoms with Gasteiger partial charge in [-0.1, -0.05) is 0 Å². The second-order valence-corrected chi connectivity index (χ2v) is 7.01. The Bertz CT molecular complexity index is 1050. The molecule has 0 bridgehead atoms. The number of hydrazine groups is 1. The lowest BCUT2D eigenvalue weighted by Gasteiger charge is -2.37. The summed E-state index contributed by atoms with van der Waals surface area (Å²) in [6.45, 7) is 3.08. The van der Waals surface area contributed by atoms with Crippen LogP contribution in [0, 0.1) is 18.6 Å². The zero-order valence-corrected chi connectivity index (χ0v) is 16.5. The maximum atomic E-state index is 14.4. The Balaban J connectivity index is 1.90. The Morgan fingerprint density at radius 1 is 1.29 bits per heavy atom. The van der Waals surface area contributed by atoms with Crippen LogP contribution in [0.2, 0.25) is 0 Å². The molecule has 0 saturated heterocycles. The first-order chi connectivity index (χ1) is 14.4. The van der Waals surface area contributed by atoms with E-state index in [0.29, 0.717) is 11.3 Å². The van der Waals surface area contributed by atoms with Gasteiger partial charge in [0.05, 0.1) is 29.2 Å². The molecule has 1 aliphatic heterocycles. The number of hydrogen-bond acceptors (Lipinski definition) is 6. The zero-order valence-electron chi connectivity index (χ0n) is 16.5. The van der Waals surface area contributed by atoms with Crippen molar-refractivity contribution in [2.75, 3.05) is 11.6 Å². The fourth-order valence-corrected chi connectivity index (χ4v) is 3.27. The van der Waals surface area contributed by atoms with Crippen molar-refractivity contribution in [3.05, 3.63) is 64.4 Å². The maximum Gasteiger partial charge on any atom is 0.436 e. The predicted octanol–water partition coefficient (Wildman–Crippen LogP) is 2.87. The number of nitrogens with two attached hydrogens (primary N) is 2. The number of carbonyl (C=O) groups is 1. The Kier molecular flexibility index (Phi) is 5.85. The van der Waals surface area contributed by atoms with E-state index < -0.39 is 41.0 Å². The third kappa shape index (κ3) is 4.15. The second kappa shape index (κ2) is 8.10. The van der Waals surface area contributed by atoms with Gasteiger partial charge in [0.2, 0.25) is 0 Å². The third-order valence-corrected chi connectivity index (χ3v) is 5.06. The Labute approximate surface area is 174 Å². The quantitative estimate of drug-likeness (QED) is 0.431. The van der Waals surface area contributed by atoms with Crippen molar-refractivity contribution in [2.24, 2.45) is 11.6 Å². The molecule has 1 aliphatic rings. The van der Waals surface area contributed by atoms with Gasteiger partial charge in [-0.3, -0.25) is 9.80 Å². The zero-order chi connectivity index (χ0) is 23.1. The summed E-state index contributed by atoms with van der Waals surface area (Å²) in [6.07, 6.45) is -3.19. The smallest absolute Gasteiger partial charge is 0.399 e. The van der Waals surface area contributed by atoms with Crippen molar-refractivity contribution in [1.29, 1.82) is 0 Å². The van der Waals surface area contributed by atoms with Crippen LogP contribution < -0.4 is 16.6 Å². The summed E-state index contributed by atoms with van der Waals surface area (Å²) < 4.78 is 66.6. The van der Waals surface area contributed by atoms with Crippen LogP contribution in [0.25, 0.3) is 0 Å². The van der Waals surface area contributed by atoms with E-state index in [1.807, 2.05) is 0 Å². The highest BCUT2D eigenvalue weighted by Gasteiger charge is 2.39. The van der Waals surface area contributed by atoms with Crippen molar-refractivity contribution in [2.45, 2.75) is 32.5 Å². The van der Waals surface area contributed by atoms with Crippen molar-refractivity contribution >= 4 is 11.7 Å². The molecular formula is C19H19F5N6O. The van der Waals surface area contributed by atoms with Gasteiger partial charge in [-0.25, -0.2) is 24.6 Å². The topological polar surface area (TPSA) is 101 Å². The van der Waals surface area contributed by atoms with E-state index in [-0.39, 0.29) is 24.5 Å². The molecule has 166 valence electrons. The summed E-state index contributed by atoms with van der Waals surface area (Å²) in [5.41, 5.74) is 4.49. The Morgan fingerprint density at radius 3 is 2.58 bits per heavy atom. The van der Waals surface area contributed by atoms with Crippen LogP contribution in [0.1, 0.15) is 35.0 Å². The van der Waals surface area contributed by atoms with E-state index in [1.165, 1.54) is 19.9 Å². The molecule has 7 nitrogen and oxygen atoms in total. The number of aryl methyl sites for hydroxylation is 1. The molecule has 0 fully saturated rings. The van der Waals surface area contributed by atoms with E-state index in [9.17, 15) is 26.7 Å². The number of nitrogens with zero attached hydrogens (tertiary/aromatic N) is 4. The first kappa shape index (κ1) is 22.4. The first-order valence-corrected chi connectivity index (χ1v) is 9.11. The molecule has 1 unspecified atom stereocenters. The first-order valence-electron chi connectivity index (χ1n) is 9.11. The highest BCUT2D eigenvalue weighted by atomic mass is 19.4. The van der Waals surface area contributed by atoms with E-state index in [4.69, 9.17) is 11.6 Å². The molecule has 3 rings (SSSR count). The van der Waals surface area contributed by atoms with Crippen LogP contribution in [-0.4, -0.2) is 33.4 Å². The van der Waals surface area contributed by atoms with E-state index >= 15 is 0 Å². The van der Waals surface area contributed by atoms with Crippen molar-refractivity contribution in [3.8, 4) is 0 Å². The molecule has 0 spiro atoms.